The fraction of sp³-hybridized carbons (Fsp3) is 0. The normalized spacial score (nSPS) is 11.1. The van der Waals surface area contributed by atoms with E-state index in [9.17, 15) is 17.2 Å². The molecule has 0 bridgehead atoms. The van der Waals surface area contributed by atoms with Gasteiger partial charge in [0, 0.05) is 24.5 Å². The van der Waals surface area contributed by atoms with Crippen LogP contribution in [0.25, 0.3) is 0 Å². The third kappa shape index (κ3) is 4.07. The minimum atomic E-state index is -4.23. The van der Waals surface area contributed by atoms with Gasteiger partial charge in [0.2, 0.25) is 5.88 Å². The van der Waals surface area contributed by atoms with Crippen LogP contribution >= 0.6 is 0 Å². The summed E-state index contributed by atoms with van der Waals surface area (Å²) in [5.41, 5.74) is 0.144. The quantitative estimate of drug-likeness (QED) is 0.752. The molecule has 0 unspecified atom stereocenters. The van der Waals surface area contributed by atoms with Crippen molar-refractivity contribution in [1.82, 2.24) is 9.97 Å². The van der Waals surface area contributed by atoms with Crippen LogP contribution < -0.4 is 9.46 Å². The number of halogens is 2. The lowest BCUT2D eigenvalue weighted by Crippen LogP contribution is -2.14. The van der Waals surface area contributed by atoms with Gasteiger partial charge in [-0.2, -0.15) is 0 Å². The number of nitrogens with zero attached hydrogens (tertiary/aromatic N) is 2. The van der Waals surface area contributed by atoms with Gasteiger partial charge in [0.25, 0.3) is 10.0 Å². The molecule has 128 valence electrons. The van der Waals surface area contributed by atoms with Crippen molar-refractivity contribution >= 4 is 15.7 Å². The molecule has 2 aromatic carbocycles. The number of nitrogens with one attached hydrogen (secondary N) is 1. The Morgan fingerprint density at radius 2 is 1.88 bits per heavy atom. The first kappa shape index (κ1) is 16.8. The maximum absolute atomic E-state index is 13.7. The summed E-state index contributed by atoms with van der Waals surface area (Å²) in [6.45, 7) is 0. The second-order valence-corrected chi connectivity index (χ2v) is 6.50. The highest BCUT2D eigenvalue weighted by Gasteiger charge is 2.20. The monoisotopic (exact) mass is 363 g/mol. The van der Waals surface area contributed by atoms with Crippen LogP contribution in [0, 0.1) is 11.6 Å². The van der Waals surface area contributed by atoms with Gasteiger partial charge in [-0.15, -0.1) is 0 Å². The van der Waals surface area contributed by atoms with E-state index in [-0.39, 0.29) is 11.6 Å². The van der Waals surface area contributed by atoms with Crippen LogP contribution in [0.5, 0.6) is 11.6 Å². The van der Waals surface area contributed by atoms with Crippen molar-refractivity contribution in [3.05, 3.63) is 72.7 Å². The van der Waals surface area contributed by atoms with E-state index in [0.717, 1.165) is 12.1 Å². The topological polar surface area (TPSA) is 81.2 Å². The van der Waals surface area contributed by atoms with Gasteiger partial charge < -0.3 is 4.74 Å². The second-order valence-electron chi connectivity index (χ2n) is 4.85. The Morgan fingerprint density at radius 3 is 2.60 bits per heavy atom. The fourth-order valence-corrected chi connectivity index (χ4v) is 3.10. The summed E-state index contributed by atoms with van der Waals surface area (Å²) in [5.74, 6) is -1.51. The highest BCUT2D eigenvalue weighted by Crippen LogP contribution is 2.25. The van der Waals surface area contributed by atoms with E-state index in [1.165, 1.54) is 30.7 Å². The van der Waals surface area contributed by atoms with Gasteiger partial charge in [0.1, 0.15) is 22.3 Å². The minimum absolute atomic E-state index is 0.144. The summed E-state index contributed by atoms with van der Waals surface area (Å²) >= 11 is 0. The summed E-state index contributed by atoms with van der Waals surface area (Å²) in [6.07, 6.45) is 4.32. The van der Waals surface area contributed by atoms with E-state index in [2.05, 4.69) is 14.7 Å². The molecule has 0 aliphatic heterocycles. The van der Waals surface area contributed by atoms with Crippen molar-refractivity contribution in [3.63, 3.8) is 0 Å². The lowest BCUT2D eigenvalue weighted by atomic mass is 10.3. The first-order chi connectivity index (χ1) is 11.9. The van der Waals surface area contributed by atoms with Crippen LogP contribution in [-0.2, 0) is 10.0 Å². The number of ether oxygens (including phenoxy) is 1. The van der Waals surface area contributed by atoms with Crippen molar-refractivity contribution in [2.24, 2.45) is 0 Å². The Hall–Kier alpha value is -3.07. The molecule has 0 amide bonds. The third-order valence-electron chi connectivity index (χ3n) is 3.03. The van der Waals surface area contributed by atoms with Crippen LogP contribution in [-0.4, -0.2) is 18.4 Å². The van der Waals surface area contributed by atoms with E-state index >= 15 is 0 Å². The average Bonchev–Trinajstić information content (AvgIpc) is 2.55. The highest BCUT2D eigenvalue weighted by molar-refractivity contribution is 7.92. The van der Waals surface area contributed by atoms with Crippen LogP contribution in [0.15, 0.2) is 66.0 Å². The molecule has 1 N–H and O–H groups in total. The molecule has 3 rings (SSSR count). The number of sulfonamides is 1. The Labute approximate surface area is 142 Å². The fourth-order valence-electron chi connectivity index (χ4n) is 1.99. The van der Waals surface area contributed by atoms with Crippen LogP contribution in [0.2, 0.25) is 0 Å². The largest absolute Gasteiger partial charge is 0.437 e. The first-order valence-electron chi connectivity index (χ1n) is 6.96. The first-order valence-corrected chi connectivity index (χ1v) is 8.44. The zero-order chi connectivity index (χ0) is 17.9. The van der Waals surface area contributed by atoms with Gasteiger partial charge in [-0.25, -0.2) is 22.2 Å². The molecule has 0 atom stereocenters. The smallest absolute Gasteiger partial charge is 0.264 e. The molecule has 0 saturated heterocycles. The maximum Gasteiger partial charge on any atom is 0.264 e. The molecule has 0 aliphatic rings. The Kier molecular flexibility index (Phi) is 4.57. The van der Waals surface area contributed by atoms with Crippen molar-refractivity contribution < 1.29 is 21.9 Å². The van der Waals surface area contributed by atoms with E-state index in [1.807, 2.05) is 0 Å². The molecule has 9 heteroatoms. The van der Waals surface area contributed by atoms with Crippen molar-refractivity contribution in [1.29, 1.82) is 0 Å². The van der Waals surface area contributed by atoms with E-state index in [1.54, 1.807) is 12.1 Å². The number of anilines is 1. The Balaban J connectivity index is 1.84. The van der Waals surface area contributed by atoms with Gasteiger partial charge in [0.15, 0.2) is 0 Å². The lowest BCUT2D eigenvalue weighted by Gasteiger charge is -2.10. The van der Waals surface area contributed by atoms with E-state index in [4.69, 9.17) is 4.74 Å². The van der Waals surface area contributed by atoms with Gasteiger partial charge >= 0.3 is 0 Å². The second kappa shape index (κ2) is 6.81. The summed E-state index contributed by atoms with van der Waals surface area (Å²) < 4.78 is 58.9. The van der Waals surface area contributed by atoms with Crippen molar-refractivity contribution in [3.8, 4) is 11.6 Å². The van der Waals surface area contributed by atoms with Crippen LogP contribution in [0.3, 0.4) is 0 Å². The number of aromatic nitrogens is 2. The number of hydrogen-bond acceptors (Lipinski definition) is 5. The number of rotatable bonds is 5. The highest BCUT2D eigenvalue weighted by atomic mass is 32.2. The summed E-state index contributed by atoms with van der Waals surface area (Å²) in [5, 5.41) is 0. The molecule has 1 aromatic heterocycles. The number of benzene rings is 2. The zero-order valence-corrected chi connectivity index (χ0v) is 13.4. The predicted molar refractivity (Wildman–Crippen MR) is 85.7 cm³/mol. The van der Waals surface area contributed by atoms with Crippen LogP contribution in [0.1, 0.15) is 0 Å². The van der Waals surface area contributed by atoms with Gasteiger partial charge in [-0.1, -0.05) is 6.07 Å². The lowest BCUT2D eigenvalue weighted by molar-refractivity contribution is 0.460. The van der Waals surface area contributed by atoms with Gasteiger partial charge in [-0.05, 0) is 24.3 Å². The van der Waals surface area contributed by atoms with Gasteiger partial charge in [-0.3, -0.25) is 9.71 Å². The molecule has 0 spiro atoms. The maximum atomic E-state index is 13.7. The molecular weight excluding hydrogens is 352 g/mol. The number of hydrogen-bond donors (Lipinski definition) is 1. The summed E-state index contributed by atoms with van der Waals surface area (Å²) in [4.78, 5) is 7.13. The Morgan fingerprint density at radius 1 is 1.04 bits per heavy atom. The van der Waals surface area contributed by atoms with Gasteiger partial charge in [0.05, 0.1) is 11.9 Å². The average molecular weight is 363 g/mol. The standard InChI is InChI=1S/C16H11F2N3O3S/c17-11-4-5-15(14(18)8-11)25(22,23)21-12-2-1-3-13(9-12)24-16-10-19-6-7-20-16/h1-10,21H. The third-order valence-corrected chi connectivity index (χ3v) is 4.45. The molecule has 0 radical (unpaired) electrons. The Bertz CT molecular complexity index is 999. The minimum Gasteiger partial charge on any atom is -0.437 e. The molecule has 0 saturated carbocycles. The van der Waals surface area contributed by atoms with E-state index in [0.29, 0.717) is 11.8 Å². The SMILES string of the molecule is O=S(=O)(Nc1cccc(Oc2cnccn2)c1)c1ccc(F)cc1F. The summed E-state index contributed by atoms with van der Waals surface area (Å²) in [7, 11) is -4.23. The van der Waals surface area contributed by atoms with E-state index < -0.39 is 26.6 Å². The molecule has 0 aliphatic carbocycles. The molecule has 0 fully saturated rings. The molecule has 1 heterocycles. The van der Waals surface area contributed by atoms with Crippen molar-refractivity contribution in [2.45, 2.75) is 4.90 Å². The van der Waals surface area contributed by atoms with Crippen molar-refractivity contribution in [2.75, 3.05) is 4.72 Å². The van der Waals surface area contributed by atoms with Crippen LogP contribution in [0.4, 0.5) is 14.5 Å². The summed E-state index contributed by atoms with van der Waals surface area (Å²) in [6, 6.07) is 8.21. The molecule has 25 heavy (non-hydrogen) atoms. The molecule has 6 nitrogen and oxygen atoms in total. The zero-order valence-electron chi connectivity index (χ0n) is 12.6. The molecular formula is C16H11F2N3O3S. The predicted octanol–water partition coefficient (Wildman–Crippen LogP) is 3.35. The molecule has 3 aromatic rings.